The second-order valence-electron chi connectivity index (χ2n) is 11.5. The van der Waals surface area contributed by atoms with Crippen LogP contribution in [0.15, 0.2) is 49.1 Å². The molecule has 2 heterocycles. The van der Waals surface area contributed by atoms with Crippen molar-refractivity contribution in [3.63, 3.8) is 0 Å². The lowest BCUT2D eigenvalue weighted by atomic mass is 10.1. The highest BCUT2D eigenvalue weighted by Gasteiger charge is 2.20. The smallest absolute Gasteiger partial charge is 0.379 e. The average Bonchev–Trinajstić information content (AvgIpc) is 3.05. The van der Waals surface area contributed by atoms with Crippen molar-refractivity contribution in [2.24, 2.45) is 0 Å². The van der Waals surface area contributed by atoms with Gasteiger partial charge in [-0.2, -0.15) is 0 Å². The van der Waals surface area contributed by atoms with Crippen LogP contribution >= 0.6 is 0 Å². The third kappa shape index (κ3) is 15.3. The van der Waals surface area contributed by atoms with Crippen LogP contribution in [0, 0.1) is 0 Å². The molecule has 0 unspecified atom stereocenters. The van der Waals surface area contributed by atoms with Gasteiger partial charge in [-0.3, -0.25) is 9.59 Å². The minimum atomic E-state index is -0.847. The summed E-state index contributed by atoms with van der Waals surface area (Å²) >= 11 is 0. The summed E-state index contributed by atoms with van der Waals surface area (Å²) in [6, 6.07) is 6.66. The molecular formula is C36H54N2O6+2. The molecule has 0 radical (unpaired) electrons. The molecule has 0 fully saturated rings. The first kappa shape index (κ1) is 36.8. The fraction of sp³-hybridized carbons (Fsp3) is 0.611. The molecule has 44 heavy (non-hydrogen) atoms. The van der Waals surface area contributed by atoms with E-state index >= 15 is 0 Å². The molecule has 2 aromatic heterocycles. The molecule has 0 bridgehead atoms. The Balaban J connectivity index is 1.53. The first-order valence-electron chi connectivity index (χ1n) is 16.9. The van der Waals surface area contributed by atoms with Gasteiger partial charge in [-0.15, -0.1) is 0 Å². The van der Waals surface area contributed by atoms with Crippen molar-refractivity contribution >= 4 is 23.5 Å². The van der Waals surface area contributed by atoms with Crippen molar-refractivity contribution in [3.05, 3.63) is 60.2 Å². The summed E-state index contributed by atoms with van der Waals surface area (Å²) in [5.41, 5.74) is 0.654. The molecule has 0 aliphatic carbocycles. The Hall–Kier alpha value is -3.42. The molecule has 0 aliphatic heterocycles. The molecule has 242 valence electrons. The maximum absolute atomic E-state index is 12.4. The van der Waals surface area contributed by atoms with Crippen LogP contribution in [-0.2, 0) is 32.2 Å². The highest BCUT2D eigenvalue weighted by atomic mass is 16.5. The van der Waals surface area contributed by atoms with Gasteiger partial charge in [0.1, 0.15) is 13.1 Å². The van der Waals surface area contributed by atoms with E-state index < -0.39 is 23.5 Å². The van der Waals surface area contributed by atoms with Gasteiger partial charge in [0, 0.05) is 48.2 Å². The molecule has 0 aliphatic rings. The number of ketones is 2. The molecule has 0 saturated carbocycles. The van der Waals surface area contributed by atoms with Crippen LogP contribution in [0.5, 0.6) is 0 Å². The van der Waals surface area contributed by atoms with Gasteiger partial charge in [0.15, 0.2) is 24.8 Å². The lowest BCUT2D eigenvalue weighted by Crippen LogP contribution is -2.33. The molecule has 2 aromatic rings. The Labute approximate surface area is 264 Å². The molecule has 8 nitrogen and oxygen atoms in total. The number of pyridine rings is 2. The van der Waals surface area contributed by atoms with Gasteiger partial charge in [0.05, 0.1) is 13.2 Å². The van der Waals surface area contributed by atoms with Crippen molar-refractivity contribution < 1.29 is 37.8 Å². The summed E-state index contributed by atoms with van der Waals surface area (Å²) in [6.45, 7) is 6.52. The Kier molecular flexibility index (Phi) is 19.2. The van der Waals surface area contributed by atoms with E-state index in [2.05, 4.69) is 13.8 Å². The second-order valence-corrected chi connectivity index (χ2v) is 11.5. The number of ether oxygens (including phenoxy) is 2. The summed E-state index contributed by atoms with van der Waals surface area (Å²) in [6.07, 6.45) is 24.7. The minimum absolute atomic E-state index is 0.153. The number of aromatic nitrogens is 2. The van der Waals surface area contributed by atoms with Gasteiger partial charge in [0.2, 0.25) is 0 Å². The maximum Gasteiger partial charge on any atom is 0.379 e. The Bertz CT molecular complexity index is 1020. The third-order valence-corrected chi connectivity index (χ3v) is 7.72. The maximum atomic E-state index is 12.4. The normalized spacial score (nSPS) is 10.9. The quantitative estimate of drug-likeness (QED) is 0.0409. The van der Waals surface area contributed by atoms with Crippen LogP contribution in [0.25, 0.3) is 0 Å². The number of carbonyl (C=O) groups excluding carboxylic acids is 4. The van der Waals surface area contributed by atoms with E-state index in [1.165, 1.54) is 64.2 Å². The van der Waals surface area contributed by atoms with E-state index in [0.717, 1.165) is 38.8 Å². The largest absolute Gasteiger partial charge is 0.460 e. The monoisotopic (exact) mass is 610 g/mol. The van der Waals surface area contributed by atoms with Crippen LogP contribution < -0.4 is 9.13 Å². The van der Waals surface area contributed by atoms with Crippen LogP contribution in [0.1, 0.15) is 137 Å². The summed E-state index contributed by atoms with van der Waals surface area (Å²) in [4.78, 5) is 49.1. The lowest BCUT2D eigenvalue weighted by molar-refractivity contribution is -0.697. The number of esters is 2. The van der Waals surface area contributed by atoms with Gasteiger partial charge >= 0.3 is 11.9 Å². The first-order chi connectivity index (χ1) is 21.5. The zero-order valence-electron chi connectivity index (χ0n) is 27.1. The third-order valence-electron chi connectivity index (χ3n) is 7.72. The van der Waals surface area contributed by atoms with Gasteiger partial charge < -0.3 is 9.47 Å². The number of unbranched alkanes of at least 4 members (excludes halogenated alkanes) is 13. The zero-order valence-corrected chi connectivity index (χ0v) is 27.1. The average molecular weight is 611 g/mol. The SMILES string of the molecule is CCCCCCCC[n+]1ccc(C(=O)C(=O)OCCCCCCOC(=O)C(=O)c2cc[n+](CCCCCCCC)cc2)cc1. The predicted octanol–water partition coefficient (Wildman–Crippen LogP) is 6.70. The molecule has 0 aromatic carbocycles. The molecule has 2 rings (SSSR count). The van der Waals surface area contributed by atoms with Crippen LogP contribution in [0.2, 0.25) is 0 Å². The van der Waals surface area contributed by atoms with Crippen LogP contribution in [-0.4, -0.2) is 36.7 Å². The van der Waals surface area contributed by atoms with E-state index in [4.69, 9.17) is 9.47 Å². The van der Waals surface area contributed by atoms with Crippen LogP contribution in [0.3, 0.4) is 0 Å². The standard InChI is InChI=1S/C36H54N2O6/c1-3-5-7-9-11-15-23-37-25-19-31(20-26-37)33(39)35(41)43-29-17-13-14-18-30-44-36(42)34(40)32-21-27-38(28-22-32)24-16-12-10-8-6-4-2/h19-22,25-28H,3-18,23-24,29-30H2,1-2H3/q+2. The fourth-order valence-electron chi connectivity index (χ4n) is 4.92. The molecule has 8 heteroatoms. The molecule has 0 amide bonds. The van der Waals surface area contributed by atoms with Crippen molar-refractivity contribution in [2.75, 3.05) is 13.2 Å². The molecule has 0 N–H and O–H groups in total. The van der Waals surface area contributed by atoms with Gasteiger partial charge in [0.25, 0.3) is 11.6 Å². The summed E-state index contributed by atoms with van der Waals surface area (Å²) in [5.74, 6) is -2.97. The Morgan fingerprint density at radius 2 is 0.795 bits per heavy atom. The number of hydrogen-bond donors (Lipinski definition) is 0. The van der Waals surface area contributed by atoms with E-state index in [9.17, 15) is 19.2 Å². The molecule has 0 saturated heterocycles. The predicted molar refractivity (Wildman–Crippen MR) is 169 cm³/mol. The minimum Gasteiger partial charge on any atom is -0.460 e. The summed E-state index contributed by atoms with van der Waals surface area (Å²) < 4.78 is 14.4. The number of nitrogens with zero attached hydrogens (tertiary/aromatic N) is 2. The summed E-state index contributed by atoms with van der Waals surface area (Å²) in [5, 5.41) is 0. The van der Waals surface area contributed by atoms with Gasteiger partial charge in [-0.05, 0) is 38.5 Å². The first-order valence-corrected chi connectivity index (χ1v) is 16.9. The number of aryl methyl sites for hydroxylation is 2. The number of rotatable bonds is 25. The summed E-state index contributed by atoms with van der Waals surface area (Å²) in [7, 11) is 0. The van der Waals surface area contributed by atoms with E-state index in [1.54, 1.807) is 24.3 Å². The van der Waals surface area contributed by atoms with Crippen molar-refractivity contribution in [1.29, 1.82) is 0 Å². The van der Waals surface area contributed by atoms with E-state index in [1.807, 2.05) is 33.9 Å². The Morgan fingerprint density at radius 1 is 0.477 bits per heavy atom. The number of Topliss-reactive ketones (excluding diaryl/α,β-unsaturated/α-hetero) is 2. The highest BCUT2D eigenvalue weighted by Crippen LogP contribution is 2.08. The molecule has 0 spiro atoms. The number of carbonyl (C=O) groups is 4. The van der Waals surface area contributed by atoms with Crippen molar-refractivity contribution in [2.45, 2.75) is 130 Å². The fourth-order valence-corrected chi connectivity index (χ4v) is 4.92. The molecule has 0 atom stereocenters. The molecular weight excluding hydrogens is 556 g/mol. The second kappa shape index (κ2) is 23.0. The number of hydrogen-bond acceptors (Lipinski definition) is 6. The van der Waals surface area contributed by atoms with E-state index in [-0.39, 0.29) is 13.2 Å². The zero-order chi connectivity index (χ0) is 31.8. The van der Waals surface area contributed by atoms with Gasteiger partial charge in [-0.25, -0.2) is 18.7 Å². The Morgan fingerprint density at radius 3 is 1.16 bits per heavy atom. The van der Waals surface area contributed by atoms with Gasteiger partial charge in [-0.1, -0.05) is 65.2 Å². The van der Waals surface area contributed by atoms with Crippen molar-refractivity contribution in [3.8, 4) is 0 Å². The van der Waals surface area contributed by atoms with Crippen LogP contribution in [0.4, 0.5) is 0 Å². The topological polar surface area (TPSA) is 94.5 Å². The van der Waals surface area contributed by atoms with E-state index in [0.29, 0.717) is 24.0 Å². The lowest BCUT2D eigenvalue weighted by Gasteiger charge is -2.06. The van der Waals surface area contributed by atoms with Crippen molar-refractivity contribution in [1.82, 2.24) is 0 Å². The highest BCUT2D eigenvalue weighted by molar-refractivity contribution is 6.41.